The number of benzene rings is 3. The number of nitro groups is 1. The van der Waals surface area contributed by atoms with Crippen LogP contribution in [0.2, 0.25) is 5.02 Å². The summed E-state index contributed by atoms with van der Waals surface area (Å²) >= 11 is 6.54. The lowest BCUT2D eigenvalue weighted by molar-refractivity contribution is -0.385. The molecule has 0 aliphatic carbocycles. The Morgan fingerprint density at radius 1 is 1.04 bits per heavy atom. The molecule has 0 aromatic heterocycles. The summed E-state index contributed by atoms with van der Waals surface area (Å²) in [4.78, 5) is 61.0. The minimum atomic E-state index is -4.81. The third-order valence-corrected chi connectivity index (χ3v) is 7.26. The molecule has 1 N–H and O–H groups in total. The SMILES string of the molecule is COC(=O)c1cc(NC(=O)CN2C(=O)S/C(=C/c3ccc(Oc4ccc(C(F)(F)F)cc4[N+](=O)[O-])c(OC)c3)C2=O)ccc1Cl. The van der Waals surface area contributed by atoms with Gasteiger partial charge in [-0.25, -0.2) is 4.79 Å². The van der Waals surface area contributed by atoms with Crippen LogP contribution in [-0.4, -0.2) is 53.6 Å². The highest BCUT2D eigenvalue weighted by atomic mass is 35.5. The molecular weight excluding hydrogens is 647 g/mol. The fourth-order valence-corrected chi connectivity index (χ4v) is 4.93. The maximum atomic E-state index is 13.0. The Bertz CT molecular complexity index is 1760. The van der Waals surface area contributed by atoms with Gasteiger partial charge in [-0.1, -0.05) is 17.7 Å². The van der Waals surface area contributed by atoms with Crippen LogP contribution in [0.1, 0.15) is 21.5 Å². The molecule has 4 rings (SSSR count). The fraction of sp³-hybridized carbons (Fsp3) is 0.143. The number of esters is 1. The highest BCUT2D eigenvalue weighted by molar-refractivity contribution is 8.18. The van der Waals surface area contributed by atoms with Gasteiger partial charge in [0, 0.05) is 11.8 Å². The number of anilines is 1. The molecule has 3 aromatic carbocycles. The molecule has 3 amide bonds. The molecule has 45 heavy (non-hydrogen) atoms. The Labute approximate surface area is 260 Å². The van der Waals surface area contributed by atoms with Gasteiger partial charge in [-0.3, -0.25) is 29.4 Å². The maximum Gasteiger partial charge on any atom is 0.416 e. The van der Waals surface area contributed by atoms with Crippen LogP contribution in [0, 0.1) is 10.1 Å². The van der Waals surface area contributed by atoms with Crippen molar-refractivity contribution in [2.24, 2.45) is 0 Å². The van der Waals surface area contributed by atoms with Crippen molar-refractivity contribution < 1.29 is 51.5 Å². The quantitative estimate of drug-likeness (QED) is 0.115. The summed E-state index contributed by atoms with van der Waals surface area (Å²) in [6.45, 7) is -0.639. The molecule has 0 radical (unpaired) electrons. The number of alkyl halides is 3. The second kappa shape index (κ2) is 13.3. The van der Waals surface area contributed by atoms with Gasteiger partial charge in [-0.15, -0.1) is 0 Å². The number of hydrogen-bond donors (Lipinski definition) is 1. The number of rotatable bonds is 9. The van der Waals surface area contributed by atoms with Gasteiger partial charge in [0.2, 0.25) is 11.7 Å². The van der Waals surface area contributed by atoms with Gasteiger partial charge in [-0.05, 0) is 65.9 Å². The van der Waals surface area contributed by atoms with Crippen molar-refractivity contribution in [1.29, 1.82) is 0 Å². The second-order valence-electron chi connectivity index (χ2n) is 8.95. The Kier molecular flexibility index (Phi) is 9.68. The molecule has 0 unspecified atom stereocenters. The van der Waals surface area contributed by atoms with Crippen LogP contribution in [0.15, 0.2) is 59.5 Å². The van der Waals surface area contributed by atoms with E-state index in [1.807, 2.05) is 0 Å². The fourth-order valence-electron chi connectivity index (χ4n) is 3.90. The van der Waals surface area contributed by atoms with Crippen molar-refractivity contribution in [2.45, 2.75) is 6.18 Å². The monoisotopic (exact) mass is 665 g/mol. The Balaban J connectivity index is 1.49. The number of thioether (sulfide) groups is 1. The smallest absolute Gasteiger partial charge is 0.416 e. The average Bonchev–Trinajstić information content (AvgIpc) is 3.24. The number of methoxy groups -OCH3 is 2. The Morgan fingerprint density at radius 2 is 1.76 bits per heavy atom. The van der Waals surface area contributed by atoms with Gasteiger partial charge in [0.15, 0.2) is 11.5 Å². The summed E-state index contributed by atoms with van der Waals surface area (Å²) in [6, 6.07) is 9.92. The zero-order chi connectivity index (χ0) is 33.1. The molecule has 1 fully saturated rings. The maximum absolute atomic E-state index is 13.0. The van der Waals surface area contributed by atoms with Gasteiger partial charge in [0.1, 0.15) is 6.54 Å². The minimum absolute atomic E-state index is 0.00417. The zero-order valence-electron chi connectivity index (χ0n) is 23.0. The molecule has 1 saturated heterocycles. The number of nitrogens with one attached hydrogen (secondary N) is 1. The summed E-state index contributed by atoms with van der Waals surface area (Å²) in [7, 11) is 2.40. The Morgan fingerprint density at radius 3 is 2.40 bits per heavy atom. The molecular formula is C28H19ClF3N3O9S. The summed E-state index contributed by atoms with van der Waals surface area (Å²) in [6.07, 6.45) is -3.48. The first-order valence-electron chi connectivity index (χ1n) is 12.4. The third kappa shape index (κ3) is 7.53. The highest BCUT2D eigenvalue weighted by Crippen LogP contribution is 2.41. The van der Waals surface area contributed by atoms with E-state index in [1.165, 1.54) is 49.6 Å². The van der Waals surface area contributed by atoms with E-state index in [4.69, 9.17) is 21.1 Å². The lowest BCUT2D eigenvalue weighted by Crippen LogP contribution is -2.36. The van der Waals surface area contributed by atoms with E-state index < -0.39 is 57.7 Å². The van der Waals surface area contributed by atoms with Crippen LogP contribution >= 0.6 is 23.4 Å². The van der Waals surface area contributed by atoms with E-state index in [1.54, 1.807) is 0 Å². The molecule has 1 aliphatic heterocycles. The normalized spacial score (nSPS) is 14.0. The van der Waals surface area contributed by atoms with E-state index in [9.17, 15) is 42.5 Å². The zero-order valence-corrected chi connectivity index (χ0v) is 24.5. The van der Waals surface area contributed by atoms with E-state index >= 15 is 0 Å². The first-order chi connectivity index (χ1) is 21.2. The van der Waals surface area contributed by atoms with Gasteiger partial charge >= 0.3 is 17.8 Å². The summed E-state index contributed by atoms with van der Waals surface area (Å²) < 4.78 is 54.5. The predicted molar refractivity (Wildman–Crippen MR) is 155 cm³/mol. The molecule has 234 valence electrons. The topological polar surface area (TPSA) is 154 Å². The predicted octanol–water partition coefficient (Wildman–Crippen LogP) is 6.53. The van der Waals surface area contributed by atoms with E-state index in [2.05, 4.69) is 10.1 Å². The van der Waals surface area contributed by atoms with E-state index in [-0.39, 0.29) is 32.7 Å². The number of imide groups is 1. The lowest BCUT2D eigenvalue weighted by Gasteiger charge is -2.13. The van der Waals surface area contributed by atoms with Crippen LogP contribution in [0.4, 0.5) is 29.3 Å². The summed E-state index contributed by atoms with van der Waals surface area (Å²) in [5.74, 6) is -2.79. The number of amides is 3. The van der Waals surface area contributed by atoms with Crippen molar-refractivity contribution in [3.63, 3.8) is 0 Å². The van der Waals surface area contributed by atoms with Gasteiger partial charge in [0.25, 0.3) is 11.1 Å². The van der Waals surface area contributed by atoms with Crippen molar-refractivity contribution in [3.8, 4) is 17.2 Å². The van der Waals surface area contributed by atoms with Crippen molar-refractivity contribution in [3.05, 3.63) is 91.3 Å². The molecule has 3 aromatic rings. The number of carbonyl (C=O) groups excluding carboxylic acids is 4. The van der Waals surface area contributed by atoms with Crippen molar-refractivity contribution in [1.82, 2.24) is 4.90 Å². The molecule has 12 nitrogen and oxygen atoms in total. The van der Waals surface area contributed by atoms with Crippen LogP contribution in [-0.2, 0) is 20.5 Å². The van der Waals surface area contributed by atoms with Crippen molar-refractivity contribution in [2.75, 3.05) is 26.1 Å². The van der Waals surface area contributed by atoms with Gasteiger partial charge < -0.3 is 19.5 Å². The summed E-state index contributed by atoms with van der Waals surface area (Å²) in [5.41, 5.74) is -1.66. The molecule has 0 saturated carbocycles. The first kappa shape index (κ1) is 32.8. The molecule has 17 heteroatoms. The molecule has 0 spiro atoms. The lowest BCUT2D eigenvalue weighted by atomic mass is 10.1. The minimum Gasteiger partial charge on any atom is -0.493 e. The Hall–Kier alpha value is -5.09. The number of ether oxygens (including phenoxy) is 3. The molecule has 1 aliphatic rings. The molecule has 0 bridgehead atoms. The highest BCUT2D eigenvalue weighted by Gasteiger charge is 2.37. The number of carbonyl (C=O) groups is 4. The van der Waals surface area contributed by atoms with Crippen LogP contribution in [0.5, 0.6) is 17.2 Å². The van der Waals surface area contributed by atoms with Crippen molar-refractivity contribution >= 4 is 63.8 Å². The third-order valence-electron chi connectivity index (χ3n) is 6.02. The number of nitrogens with zero attached hydrogens (tertiary/aromatic N) is 2. The number of hydrogen-bond acceptors (Lipinski definition) is 10. The van der Waals surface area contributed by atoms with Gasteiger partial charge in [-0.2, -0.15) is 13.2 Å². The second-order valence-corrected chi connectivity index (χ2v) is 10.4. The first-order valence-corrected chi connectivity index (χ1v) is 13.6. The number of halogens is 4. The van der Waals surface area contributed by atoms with E-state index in [0.29, 0.717) is 34.4 Å². The van der Waals surface area contributed by atoms with Gasteiger partial charge in [0.05, 0.1) is 40.2 Å². The largest absolute Gasteiger partial charge is 0.493 e. The average molecular weight is 666 g/mol. The summed E-state index contributed by atoms with van der Waals surface area (Å²) in [5, 5.41) is 13.2. The van der Waals surface area contributed by atoms with Crippen LogP contribution in [0.25, 0.3) is 6.08 Å². The van der Waals surface area contributed by atoms with E-state index in [0.717, 1.165) is 13.2 Å². The molecule has 1 heterocycles. The van der Waals surface area contributed by atoms with Crippen LogP contribution < -0.4 is 14.8 Å². The van der Waals surface area contributed by atoms with Crippen LogP contribution in [0.3, 0.4) is 0 Å². The molecule has 0 atom stereocenters. The standard InChI is InChI=1S/C28H19ClF3N3O9S/c1-42-22-9-14(3-7-21(22)44-20-8-4-15(28(30,31)32)11-19(20)35(40)41)10-23-25(37)34(27(39)45-23)13-24(36)33-16-5-6-18(29)17(12-16)26(38)43-2/h3-12H,13H2,1-2H3,(H,33,36)/b23-10+. The number of nitro benzene ring substituents is 1.